The molecule has 20 heavy (non-hydrogen) atoms. The van der Waals surface area contributed by atoms with E-state index in [-0.39, 0.29) is 5.91 Å². The number of rotatable bonds is 2. The number of guanidine groups is 1. The SMILES string of the molecule is CC(=O)N1CCN=C1Nc1ccnn1-c1ccccc1. The predicted octanol–water partition coefficient (Wildman–Crippen LogP) is 1.50. The number of aliphatic imine (C=N–C) groups is 1. The molecule has 3 rings (SSSR count). The standard InChI is InChI=1S/C14H15N5O/c1-11(20)18-10-9-15-14(18)17-13-7-8-16-19(13)12-5-3-2-4-6-12/h2-8H,9-10H2,1H3,(H,15,17). The Hall–Kier alpha value is -2.63. The molecule has 0 fully saturated rings. The Morgan fingerprint density at radius 3 is 2.80 bits per heavy atom. The van der Waals surface area contributed by atoms with Crippen molar-refractivity contribution in [2.45, 2.75) is 6.92 Å². The van der Waals surface area contributed by atoms with Crippen LogP contribution in [0.3, 0.4) is 0 Å². The Morgan fingerprint density at radius 2 is 2.05 bits per heavy atom. The molecule has 6 heteroatoms. The molecular weight excluding hydrogens is 254 g/mol. The summed E-state index contributed by atoms with van der Waals surface area (Å²) in [6.45, 7) is 2.79. The summed E-state index contributed by atoms with van der Waals surface area (Å²) < 4.78 is 1.78. The third kappa shape index (κ3) is 2.27. The minimum atomic E-state index is -0.0143. The molecule has 1 aliphatic heterocycles. The summed E-state index contributed by atoms with van der Waals surface area (Å²) in [5, 5.41) is 7.47. The van der Waals surface area contributed by atoms with Gasteiger partial charge in [0.1, 0.15) is 5.82 Å². The van der Waals surface area contributed by atoms with Gasteiger partial charge < -0.3 is 5.32 Å². The lowest BCUT2D eigenvalue weighted by atomic mass is 10.3. The molecule has 2 heterocycles. The molecule has 2 aromatic rings. The van der Waals surface area contributed by atoms with Crippen molar-refractivity contribution < 1.29 is 4.79 Å². The Balaban J connectivity index is 1.86. The number of carbonyl (C=O) groups excluding carboxylic acids is 1. The summed E-state index contributed by atoms with van der Waals surface area (Å²) in [6.07, 6.45) is 1.71. The van der Waals surface area contributed by atoms with Crippen molar-refractivity contribution >= 4 is 17.7 Å². The zero-order valence-electron chi connectivity index (χ0n) is 11.2. The van der Waals surface area contributed by atoms with Crippen LogP contribution in [0, 0.1) is 0 Å². The van der Waals surface area contributed by atoms with E-state index >= 15 is 0 Å². The Kier molecular flexibility index (Phi) is 3.20. The van der Waals surface area contributed by atoms with E-state index in [9.17, 15) is 4.79 Å². The van der Waals surface area contributed by atoms with E-state index in [1.807, 2.05) is 36.4 Å². The quantitative estimate of drug-likeness (QED) is 0.898. The monoisotopic (exact) mass is 269 g/mol. The van der Waals surface area contributed by atoms with Gasteiger partial charge in [-0.2, -0.15) is 5.10 Å². The molecular formula is C14H15N5O. The first-order valence-corrected chi connectivity index (χ1v) is 6.45. The van der Waals surface area contributed by atoms with Crippen LogP contribution in [0.15, 0.2) is 47.6 Å². The van der Waals surface area contributed by atoms with Crippen LogP contribution in [-0.2, 0) is 4.79 Å². The van der Waals surface area contributed by atoms with Gasteiger partial charge in [-0.3, -0.25) is 14.7 Å². The predicted molar refractivity (Wildman–Crippen MR) is 76.9 cm³/mol. The topological polar surface area (TPSA) is 62.5 Å². The molecule has 102 valence electrons. The molecule has 0 spiro atoms. The zero-order valence-corrected chi connectivity index (χ0v) is 11.2. The van der Waals surface area contributed by atoms with Crippen LogP contribution in [0.1, 0.15) is 6.92 Å². The van der Waals surface area contributed by atoms with Crippen molar-refractivity contribution in [1.82, 2.24) is 14.7 Å². The normalized spacial score (nSPS) is 14.2. The lowest BCUT2D eigenvalue weighted by Gasteiger charge is -2.17. The molecule has 0 saturated carbocycles. The lowest BCUT2D eigenvalue weighted by Crippen LogP contribution is -2.37. The maximum Gasteiger partial charge on any atom is 0.226 e. The van der Waals surface area contributed by atoms with E-state index in [0.717, 1.165) is 11.5 Å². The van der Waals surface area contributed by atoms with Gasteiger partial charge in [0, 0.05) is 19.5 Å². The summed E-state index contributed by atoms with van der Waals surface area (Å²) in [5.41, 5.74) is 0.952. The van der Waals surface area contributed by atoms with Crippen molar-refractivity contribution in [2.24, 2.45) is 4.99 Å². The summed E-state index contributed by atoms with van der Waals surface area (Å²) in [6, 6.07) is 11.7. The highest BCUT2D eigenvalue weighted by molar-refractivity contribution is 6.04. The largest absolute Gasteiger partial charge is 0.310 e. The second kappa shape index (κ2) is 5.16. The van der Waals surface area contributed by atoms with E-state index in [0.29, 0.717) is 19.0 Å². The number of hydrogen-bond acceptors (Lipinski definition) is 4. The van der Waals surface area contributed by atoms with Crippen LogP contribution in [0.5, 0.6) is 0 Å². The molecule has 1 N–H and O–H groups in total. The maximum atomic E-state index is 11.5. The summed E-state index contributed by atoms with van der Waals surface area (Å²) >= 11 is 0. The Labute approximate surface area is 116 Å². The van der Waals surface area contributed by atoms with Gasteiger partial charge in [0.15, 0.2) is 0 Å². The van der Waals surface area contributed by atoms with Crippen LogP contribution in [-0.4, -0.2) is 39.6 Å². The fourth-order valence-electron chi connectivity index (χ4n) is 2.15. The fourth-order valence-corrected chi connectivity index (χ4v) is 2.15. The number of hydrogen-bond donors (Lipinski definition) is 1. The van der Waals surface area contributed by atoms with Gasteiger partial charge in [0.05, 0.1) is 18.4 Å². The zero-order chi connectivity index (χ0) is 13.9. The van der Waals surface area contributed by atoms with E-state index in [1.165, 1.54) is 6.92 Å². The molecule has 1 aliphatic rings. The first kappa shape index (κ1) is 12.4. The number of para-hydroxylation sites is 1. The number of anilines is 1. The average molecular weight is 269 g/mol. The first-order valence-electron chi connectivity index (χ1n) is 6.45. The minimum absolute atomic E-state index is 0.0143. The fraction of sp³-hybridized carbons (Fsp3) is 0.214. The smallest absolute Gasteiger partial charge is 0.226 e. The molecule has 0 saturated heterocycles. The van der Waals surface area contributed by atoms with E-state index in [2.05, 4.69) is 15.4 Å². The molecule has 6 nitrogen and oxygen atoms in total. The average Bonchev–Trinajstić information content (AvgIpc) is 3.09. The van der Waals surface area contributed by atoms with Crippen molar-refractivity contribution in [1.29, 1.82) is 0 Å². The van der Waals surface area contributed by atoms with Gasteiger partial charge in [-0.15, -0.1) is 0 Å². The van der Waals surface area contributed by atoms with Gasteiger partial charge in [-0.05, 0) is 12.1 Å². The van der Waals surface area contributed by atoms with Gasteiger partial charge in [-0.25, -0.2) is 4.68 Å². The second-order valence-electron chi connectivity index (χ2n) is 4.46. The number of nitrogens with zero attached hydrogens (tertiary/aromatic N) is 4. The van der Waals surface area contributed by atoms with Crippen molar-refractivity contribution in [3.63, 3.8) is 0 Å². The van der Waals surface area contributed by atoms with Crippen LogP contribution < -0.4 is 5.32 Å². The molecule has 1 aromatic heterocycles. The van der Waals surface area contributed by atoms with Crippen LogP contribution in [0.4, 0.5) is 5.82 Å². The third-order valence-electron chi connectivity index (χ3n) is 3.10. The highest BCUT2D eigenvalue weighted by Crippen LogP contribution is 2.15. The molecule has 1 aromatic carbocycles. The van der Waals surface area contributed by atoms with Crippen molar-refractivity contribution in [3.8, 4) is 5.69 Å². The van der Waals surface area contributed by atoms with Gasteiger partial charge in [0.25, 0.3) is 0 Å². The van der Waals surface area contributed by atoms with Crippen molar-refractivity contribution in [3.05, 3.63) is 42.6 Å². The maximum absolute atomic E-state index is 11.5. The number of carbonyl (C=O) groups is 1. The molecule has 0 bridgehead atoms. The van der Waals surface area contributed by atoms with E-state index < -0.39 is 0 Å². The number of aromatic nitrogens is 2. The number of benzene rings is 1. The molecule has 0 aliphatic carbocycles. The first-order chi connectivity index (χ1) is 9.75. The highest BCUT2D eigenvalue weighted by atomic mass is 16.2. The summed E-state index contributed by atoms with van der Waals surface area (Å²) in [7, 11) is 0. The Bertz CT molecular complexity index is 647. The molecule has 0 unspecified atom stereocenters. The van der Waals surface area contributed by atoms with Crippen LogP contribution >= 0.6 is 0 Å². The number of amides is 1. The summed E-state index contributed by atoms with van der Waals surface area (Å²) in [4.78, 5) is 17.5. The van der Waals surface area contributed by atoms with E-state index in [1.54, 1.807) is 15.8 Å². The lowest BCUT2D eigenvalue weighted by molar-refractivity contribution is -0.124. The molecule has 0 radical (unpaired) electrons. The number of nitrogens with one attached hydrogen (secondary N) is 1. The summed E-state index contributed by atoms with van der Waals surface area (Å²) in [5.74, 6) is 1.35. The highest BCUT2D eigenvalue weighted by Gasteiger charge is 2.21. The Morgan fingerprint density at radius 1 is 1.25 bits per heavy atom. The van der Waals surface area contributed by atoms with Crippen molar-refractivity contribution in [2.75, 3.05) is 18.4 Å². The third-order valence-corrected chi connectivity index (χ3v) is 3.10. The van der Waals surface area contributed by atoms with Gasteiger partial charge in [-0.1, -0.05) is 18.2 Å². The second-order valence-corrected chi connectivity index (χ2v) is 4.46. The van der Waals surface area contributed by atoms with Gasteiger partial charge in [0.2, 0.25) is 11.9 Å². The van der Waals surface area contributed by atoms with Crippen LogP contribution in [0.2, 0.25) is 0 Å². The minimum Gasteiger partial charge on any atom is -0.310 e. The van der Waals surface area contributed by atoms with Crippen LogP contribution in [0.25, 0.3) is 5.69 Å². The van der Waals surface area contributed by atoms with Gasteiger partial charge >= 0.3 is 0 Å². The molecule has 1 amide bonds. The molecule has 0 atom stereocenters. The van der Waals surface area contributed by atoms with E-state index in [4.69, 9.17) is 0 Å².